The number of carbonyl (C=O) groups excluding carboxylic acids is 2. The molecule has 0 aliphatic carbocycles. The van der Waals surface area contributed by atoms with Crippen molar-refractivity contribution in [2.24, 2.45) is 0 Å². The fourth-order valence-electron chi connectivity index (χ4n) is 1.63. The zero-order valence-electron chi connectivity index (χ0n) is 11.3. The highest BCUT2D eigenvalue weighted by atomic mass is 35.5. The number of likely N-dealkylation sites (N-methyl/N-ethyl adjacent to an activating group) is 1. The van der Waals surface area contributed by atoms with Crippen LogP contribution in [0.5, 0.6) is 0 Å². The average molecular weight is 295 g/mol. The molecule has 0 radical (unpaired) electrons. The Morgan fingerprint density at radius 3 is 2.37 bits per heavy atom. The van der Waals surface area contributed by atoms with E-state index in [1.54, 1.807) is 0 Å². The Morgan fingerprint density at radius 1 is 1.21 bits per heavy atom. The fraction of sp³-hybridized carbons (Fsp3) is 0.667. The summed E-state index contributed by atoms with van der Waals surface area (Å²) in [5.41, 5.74) is 0. The minimum atomic E-state index is -0.570. The summed E-state index contributed by atoms with van der Waals surface area (Å²) in [6.45, 7) is 4.42. The van der Waals surface area contributed by atoms with Gasteiger partial charge < -0.3 is 18.7 Å². The number of esters is 2. The first kappa shape index (κ1) is 17.9. The van der Waals surface area contributed by atoms with Crippen LogP contribution in [-0.2, 0) is 23.8 Å². The van der Waals surface area contributed by atoms with E-state index < -0.39 is 11.9 Å². The van der Waals surface area contributed by atoms with Crippen molar-refractivity contribution in [2.45, 2.75) is 0 Å². The van der Waals surface area contributed by atoms with Crippen LogP contribution in [0.2, 0.25) is 0 Å². The molecular formula is C12H21ClNO5+. The molecule has 7 heteroatoms. The Morgan fingerprint density at radius 2 is 1.79 bits per heavy atom. The molecule has 1 saturated heterocycles. The van der Waals surface area contributed by atoms with Crippen molar-refractivity contribution in [3.05, 3.63) is 12.2 Å². The van der Waals surface area contributed by atoms with Gasteiger partial charge in [0.05, 0.1) is 27.4 Å². The normalized spacial score (nSPS) is 17.6. The number of halogens is 1. The Hall–Kier alpha value is -1.11. The lowest BCUT2D eigenvalue weighted by molar-refractivity contribution is -0.917. The van der Waals surface area contributed by atoms with Crippen LogP contribution in [0.15, 0.2) is 12.2 Å². The van der Waals surface area contributed by atoms with Crippen molar-refractivity contribution in [3.8, 4) is 0 Å². The number of ether oxygens (including phenoxy) is 3. The molecule has 1 fully saturated rings. The summed E-state index contributed by atoms with van der Waals surface area (Å²) in [6, 6.07) is 0. The zero-order chi connectivity index (χ0) is 13.4. The second-order valence-electron chi connectivity index (χ2n) is 4.43. The lowest BCUT2D eigenvalue weighted by atomic mass is 10.3. The molecule has 1 rings (SSSR count). The molecule has 0 atom stereocenters. The smallest absolute Gasteiger partial charge is 0.331 e. The fourth-order valence-corrected chi connectivity index (χ4v) is 1.63. The first-order valence-electron chi connectivity index (χ1n) is 5.90. The van der Waals surface area contributed by atoms with Gasteiger partial charge in [0, 0.05) is 12.2 Å². The quantitative estimate of drug-likeness (QED) is 0.411. The number of hydrogen-bond donors (Lipinski definition) is 0. The first-order valence-corrected chi connectivity index (χ1v) is 5.90. The number of morpholine rings is 1. The highest BCUT2D eigenvalue weighted by molar-refractivity contribution is 5.91. The molecule has 0 aromatic rings. The van der Waals surface area contributed by atoms with E-state index in [9.17, 15) is 9.59 Å². The summed E-state index contributed by atoms with van der Waals surface area (Å²) in [5.74, 6) is -1.10. The van der Waals surface area contributed by atoms with E-state index in [1.165, 1.54) is 7.11 Å². The number of rotatable bonds is 5. The van der Waals surface area contributed by atoms with Crippen LogP contribution < -0.4 is 0 Å². The van der Waals surface area contributed by atoms with Gasteiger partial charge in [0.1, 0.15) is 26.2 Å². The van der Waals surface area contributed by atoms with Crippen LogP contribution in [0.25, 0.3) is 0 Å². The molecule has 0 aromatic carbocycles. The van der Waals surface area contributed by atoms with Crippen molar-refractivity contribution in [1.29, 1.82) is 0 Å². The van der Waals surface area contributed by atoms with E-state index in [-0.39, 0.29) is 12.4 Å². The largest absolute Gasteiger partial charge is 0.466 e. The van der Waals surface area contributed by atoms with Gasteiger partial charge in [0.25, 0.3) is 0 Å². The second-order valence-corrected chi connectivity index (χ2v) is 4.43. The van der Waals surface area contributed by atoms with E-state index in [2.05, 4.69) is 11.8 Å². The molecular weight excluding hydrogens is 274 g/mol. The van der Waals surface area contributed by atoms with Crippen molar-refractivity contribution in [1.82, 2.24) is 0 Å². The van der Waals surface area contributed by atoms with Gasteiger partial charge >= 0.3 is 11.9 Å². The predicted molar refractivity (Wildman–Crippen MR) is 71.0 cm³/mol. The van der Waals surface area contributed by atoms with E-state index in [0.717, 1.165) is 49.5 Å². The van der Waals surface area contributed by atoms with E-state index >= 15 is 0 Å². The maximum Gasteiger partial charge on any atom is 0.331 e. The summed E-state index contributed by atoms with van der Waals surface area (Å²) in [4.78, 5) is 22.0. The SMILES string of the molecule is COC(=O)/C=C/C(=O)OCC[N+]1(C)CCOCC1.Cl. The van der Waals surface area contributed by atoms with Gasteiger partial charge in [-0.15, -0.1) is 12.4 Å². The van der Waals surface area contributed by atoms with Crippen LogP contribution in [0.3, 0.4) is 0 Å². The molecule has 0 spiro atoms. The van der Waals surface area contributed by atoms with Crippen LogP contribution in [0, 0.1) is 0 Å². The summed E-state index contributed by atoms with van der Waals surface area (Å²) >= 11 is 0. The summed E-state index contributed by atoms with van der Waals surface area (Å²) < 4.78 is 15.5. The zero-order valence-corrected chi connectivity index (χ0v) is 12.1. The van der Waals surface area contributed by atoms with Gasteiger partial charge in [-0.25, -0.2) is 9.59 Å². The van der Waals surface area contributed by atoms with E-state index in [1.807, 2.05) is 0 Å². The number of methoxy groups -OCH3 is 1. The number of carbonyl (C=O) groups is 2. The van der Waals surface area contributed by atoms with Crippen LogP contribution in [0.4, 0.5) is 0 Å². The van der Waals surface area contributed by atoms with Crippen LogP contribution >= 0.6 is 12.4 Å². The maximum atomic E-state index is 11.3. The Labute approximate surface area is 119 Å². The molecule has 0 unspecified atom stereocenters. The highest BCUT2D eigenvalue weighted by Gasteiger charge is 2.24. The van der Waals surface area contributed by atoms with Crippen molar-refractivity contribution >= 4 is 24.3 Å². The summed E-state index contributed by atoms with van der Waals surface area (Å²) in [5, 5.41) is 0. The van der Waals surface area contributed by atoms with Gasteiger partial charge in [-0.2, -0.15) is 0 Å². The molecule has 19 heavy (non-hydrogen) atoms. The molecule has 6 nitrogen and oxygen atoms in total. The molecule has 0 aromatic heterocycles. The molecule has 1 aliphatic heterocycles. The standard InChI is InChI=1S/C12H20NO5.ClH/c1-13(5-8-17-9-6-13)7-10-18-12(15)4-3-11(14)16-2;/h3-4H,5-10H2,1-2H3;1H/q+1;/b4-3+;. The van der Waals surface area contributed by atoms with Crippen molar-refractivity contribution in [2.75, 3.05) is 53.6 Å². The third kappa shape index (κ3) is 7.15. The Balaban J connectivity index is 0.00000324. The highest BCUT2D eigenvalue weighted by Crippen LogP contribution is 2.06. The molecule has 0 amide bonds. The van der Waals surface area contributed by atoms with Gasteiger partial charge in [-0.05, 0) is 0 Å². The third-order valence-electron chi connectivity index (χ3n) is 2.98. The predicted octanol–water partition coefficient (Wildman–Crippen LogP) is 0.157. The van der Waals surface area contributed by atoms with Crippen LogP contribution in [0.1, 0.15) is 0 Å². The molecule has 0 N–H and O–H groups in total. The van der Waals surface area contributed by atoms with Crippen molar-refractivity contribution < 1.29 is 28.3 Å². The van der Waals surface area contributed by atoms with Gasteiger partial charge in [0.2, 0.25) is 0 Å². The van der Waals surface area contributed by atoms with Crippen LogP contribution in [-0.4, -0.2) is 70.0 Å². The topological polar surface area (TPSA) is 61.8 Å². The lowest BCUT2D eigenvalue weighted by Crippen LogP contribution is -2.53. The van der Waals surface area contributed by atoms with Crippen molar-refractivity contribution in [3.63, 3.8) is 0 Å². The molecule has 1 aliphatic rings. The molecule has 1 heterocycles. The lowest BCUT2D eigenvalue weighted by Gasteiger charge is -2.37. The number of hydrogen-bond acceptors (Lipinski definition) is 5. The summed E-state index contributed by atoms with van der Waals surface area (Å²) in [6.07, 6.45) is 2.12. The average Bonchev–Trinajstić information content (AvgIpc) is 2.36. The summed E-state index contributed by atoms with van der Waals surface area (Å²) in [7, 11) is 3.36. The van der Waals surface area contributed by atoms with Gasteiger partial charge in [-0.1, -0.05) is 0 Å². The number of nitrogens with zero attached hydrogens (tertiary/aromatic N) is 1. The van der Waals surface area contributed by atoms with E-state index in [0.29, 0.717) is 6.61 Å². The maximum absolute atomic E-state index is 11.3. The Kier molecular flexibility index (Phi) is 8.38. The molecule has 110 valence electrons. The molecule has 0 saturated carbocycles. The van der Waals surface area contributed by atoms with Gasteiger partial charge in [-0.3, -0.25) is 0 Å². The third-order valence-corrected chi connectivity index (χ3v) is 2.98. The van der Waals surface area contributed by atoms with Gasteiger partial charge in [0.15, 0.2) is 0 Å². The second kappa shape index (κ2) is 8.90. The number of quaternary nitrogens is 1. The van der Waals surface area contributed by atoms with E-state index in [4.69, 9.17) is 9.47 Å². The molecule has 0 bridgehead atoms. The monoisotopic (exact) mass is 294 g/mol. The Bertz CT molecular complexity index is 326. The minimum Gasteiger partial charge on any atom is -0.466 e. The minimum absolute atomic E-state index is 0. The first-order chi connectivity index (χ1) is 8.56.